The monoisotopic (exact) mass is 292 g/mol. The molecule has 5 heteroatoms. The molecule has 1 aromatic carbocycles. The maximum absolute atomic E-state index is 13.9. The molecule has 1 aliphatic heterocycles. The van der Waals surface area contributed by atoms with E-state index in [4.69, 9.17) is 4.74 Å². The zero-order valence-corrected chi connectivity index (χ0v) is 12.6. The van der Waals surface area contributed by atoms with Crippen molar-refractivity contribution in [1.29, 1.82) is 0 Å². The molecule has 1 saturated carbocycles. The maximum Gasteiger partial charge on any atom is 0.244 e. The molecule has 114 valence electrons. The number of nitrogens with zero attached hydrogens (tertiary/aromatic N) is 1. The maximum atomic E-state index is 13.9. The number of amides is 1. The van der Waals surface area contributed by atoms with E-state index in [0.29, 0.717) is 12.5 Å². The molecule has 1 N–H and O–H groups in total. The van der Waals surface area contributed by atoms with Crippen molar-refractivity contribution >= 4 is 5.91 Å². The van der Waals surface area contributed by atoms with Gasteiger partial charge in [0.1, 0.15) is 11.7 Å². The third-order valence-electron chi connectivity index (χ3n) is 4.20. The van der Waals surface area contributed by atoms with Crippen molar-refractivity contribution < 1.29 is 13.9 Å². The normalized spacial score (nSPS) is 23.2. The first-order valence-electron chi connectivity index (χ1n) is 7.39. The molecule has 2 aliphatic rings. The third-order valence-corrected chi connectivity index (χ3v) is 4.20. The molecule has 1 saturated heterocycles. The molecule has 0 aromatic heterocycles. The fraction of sp³-hybridized carbons (Fsp3) is 0.562. The molecular weight excluding hydrogens is 271 g/mol. The van der Waals surface area contributed by atoms with Crippen molar-refractivity contribution in [3.05, 3.63) is 29.6 Å². The first-order chi connectivity index (χ1) is 9.97. The Bertz CT molecular complexity index is 569. The summed E-state index contributed by atoms with van der Waals surface area (Å²) in [7, 11) is 1.44. The van der Waals surface area contributed by atoms with E-state index in [1.807, 2.05) is 11.0 Å². The van der Waals surface area contributed by atoms with Gasteiger partial charge in [0.25, 0.3) is 0 Å². The van der Waals surface area contributed by atoms with Crippen LogP contribution in [0.1, 0.15) is 38.4 Å². The van der Waals surface area contributed by atoms with Gasteiger partial charge in [-0.2, -0.15) is 0 Å². The highest BCUT2D eigenvalue weighted by Crippen LogP contribution is 2.46. The van der Waals surface area contributed by atoms with E-state index in [1.165, 1.54) is 13.2 Å². The fourth-order valence-corrected chi connectivity index (χ4v) is 2.97. The summed E-state index contributed by atoms with van der Waals surface area (Å²) in [6, 6.07) is 4.89. The first-order valence-corrected chi connectivity index (χ1v) is 7.39. The zero-order chi connectivity index (χ0) is 15.2. The van der Waals surface area contributed by atoms with E-state index in [2.05, 4.69) is 19.2 Å². The highest BCUT2D eigenvalue weighted by molar-refractivity contribution is 5.92. The van der Waals surface area contributed by atoms with Crippen LogP contribution in [0.25, 0.3) is 0 Å². The Balaban J connectivity index is 1.91. The largest absolute Gasteiger partial charge is 0.494 e. The average molecular weight is 292 g/mol. The Morgan fingerprint density at radius 3 is 2.71 bits per heavy atom. The van der Waals surface area contributed by atoms with E-state index in [-0.39, 0.29) is 17.8 Å². The molecule has 1 heterocycles. The van der Waals surface area contributed by atoms with Gasteiger partial charge in [-0.3, -0.25) is 10.1 Å². The Hall–Kier alpha value is -1.62. The third kappa shape index (κ3) is 2.39. The number of methoxy groups -OCH3 is 1. The summed E-state index contributed by atoms with van der Waals surface area (Å²) in [5.41, 5.74) is 0.377. The number of ether oxygens (including phenoxy) is 1. The molecule has 1 spiro atoms. The minimum absolute atomic E-state index is 0.150. The molecular formula is C16H21FN2O2. The molecule has 0 bridgehead atoms. The molecule has 1 amide bonds. The number of benzene rings is 1. The van der Waals surface area contributed by atoms with Crippen LogP contribution in [-0.2, 0) is 4.79 Å². The second kappa shape index (κ2) is 4.98. The van der Waals surface area contributed by atoms with Crippen molar-refractivity contribution in [3.63, 3.8) is 0 Å². The number of rotatable bonds is 4. The van der Waals surface area contributed by atoms with Gasteiger partial charge < -0.3 is 9.64 Å². The summed E-state index contributed by atoms with van der Waals surface area (Å²) in [6.45, 7) is 4.83. The molecule has 2 fully saturated rings. The molecule has 3 rings (SSSR count). The Labute approximate surface area is 124 Å². The predicted molar refractivity (Wildman–Crippen MR) is 77.3 cm³/mol. The van der Waals surface area contributed by atoms with Gasteiger partial charge in [0.05, 0.1) is 7.11 Å². The summed E-state index contributed by atoms with van der Waals surface area (Å²) >= 11 is 0. The van der Waals surface area contributed by atoms with Crippen molar-refractivity contribution in [2.45, 2.75) is 38.4 Å². The zero-order valence-electron chi connectivity index (χ0n) is 12.6. The Morgan fingerprint density at radius 2 is 2.19 bits per heavy atom. The number of hydrogen-bond donors (Lipinski definition) is 1. The van der Waals surface area contributed by atoms with Crippen LogP contribution in [-0.4, -0.2) is 30.0 Å². The second-order valence-electron chi connectivity index (χ2n) is 6.37. The van der Waals surface area contributed by atoms with Gasteiger partial charge in [-0.15, -0.1) is 0 Å². The van der Waals surface area contributed by atoms with Crippen molar-refractivity contribution in [3.8, 4) is 5.75 Å². The standard InChI is InChI=1S/C16H21FN2O2/c1-10(2)9-19-14(18-16(6-7-16)15(19)20)11-4-5-13(21-3)12(17)8-11/h4-5,8,10,14,18H,6-7,9H2,1-3H3. The van der Waals surface area contributed by atoms with Gasteiger partial charge in [-0.25, -0.2) is 4.39 Å². The first kappa shape index (κ1) is 14.3. The molecule has 1 aromatic rings. The Kier molecular flexibility index (Phi) is 3.40. The van der Waals surface area contributed by atoms with Crippen molar-refractivity contribution in [1.82, 2.24) is 10.2 Å². The predicted octanol–water partition coefficient (Wildman–Crippen LogP) is 2.45. The minimum atomic E-state index is -0.398. The van der Waals surface area contributed by atoms with E-state index in [0.717, 1.165) is 18.4 Å². The highest BCUT2D eigenvalue weighted by atomic mass is 19.1. The summed E-state index contributed by atoms with van der Waals surface area (Å²) in [5, 5.41) is 3.40. The number of carbonyl (C=O) groups excluding carboxylic acids is 1. The van der Waals surface area contributed by atoms with E-state index in [9.17, 15) is 9.18 Å². The fourth-order valence-electron chi connectivity index (χ4n) is 2.97. The van der Waals surface area contributed by atoms with Crippen LogP contribution in [0, 0.1) is 11.7 Å². The van der Waals surface area contributed by atoms with Crippen LogP contribution < -0.4 is 10.1 Å². The number of hydrogen-bond acceptors (Lipinski definition) is 3. The number of halogens is 1. The lowest BCUT2D eigenvalue weighted by atomic mass is 10.1. The van der Waals surface area contributed by atoms with Gasteiger partial charge in [0, 0.05) is 6.54 Å². The van der Waals surface area contributed by atoms with Crippen molar-refractivity contribution in [2.24, 2.45) is 5.92 Å². The SMILES string of the molecule is COc1ccc(C2NC3(CC3)C(=O)N2CC(C)C)cc1F. The molecule has 1 aliphatic carbocycles. The number of carbonyl (C=O) groups is 1. The van der Waals surface area contributed by atoms with Crippen LogP contribution in [0.15, 0.2) is 18.2 Å². The van der Waals surface area contributed by atoms with E-state index < -0.39 is 11.4 Å². The molecule has 1 unspecified atom stereocenters. The van der Waals surface area contributed by atoms with Crippen LogP contribution in [0.5, 0.6) is 5.75 Å². The quantitative estimate of drug-likeness (QED) is 0.927. The van der Waals surface area contributed by atoms with Crippen molar-refractivity contribution in [2.75, 3.05) is 13.7 Å². The summed E-state index contributed by atoms with van der Waals surface area (Å²) in [5.74, 6) is 0.345. The van der Waals surface area contributed by atoms with E-state index >= 15 is 0 Å². The van der Waals surface area contributed by atoms with Gasteiger partial charge in [-0.1, -0.05) is 19.9 Å². The van der Waals surface area contributed by atoms with Crippen LogP contribution >= 0.6 is 0 Å². The minimum Gasteiger partial charge on any atom is -0.494 e. The van der Waals surface area contributed by atoms with Gasteiger partial charge in [0.15, 0.2) is 11.6 Å². The average Bonchev–Trinajstić information content (AvgIpc) is 3.17. The smallest absolute Gasteiger partial charge is 0.244 e. The lowest BCUT2D eigenvalue weighted by Gasteiger charge is -2.26. The van der Waals surface area contributed by atoms with E-state index in [1.54, 1.807) is 6.07 Å². The Morgan fingerprint density at radius 1 is 1.48 bits per heavy atom. The van der Waals surface area contributed by atoms with Crippen LogP contribution in [0.2, 0.25) is 0 Å². The lowest BCUT2D eigenvalue weighted by molar-refractivity contribution is -0.131. The molecule has 0 radical (unpaired) electrons. The molecule has 1 atom stereocenters. The van der Waals surface area contributed by atoms with Gasteiger partial charge in [-0.05, 0) is 36.5 Å². The number of nitrogens with one attached hydrogen (secondary N) is 1. The topological polar surface area (TPSA) is 41.6 Å². The van der Waals surface area contributed by atoms with Gasteiger partial charge >= 0.3 is 0 Å². The summed E-state index contributed by atoms with van der Waals surface area (Å²) in [4.78, 5) is 14.4. The highest BCUT2D eigenvalue weighted by Gasteiger charge is 2.59. The summed E-state index contributed by atoms with van der Waals surface area (Å²) < 4.78 is 18.9. The lowest BCUT2D eigenvalue weighted by Crippen LogP contribution is -2.34. The van der Waals surface area contributed by atoms with Crippen LogP contribution in [0.3, 0.4) is 0 Å². The second-order valence-corrected chi connectivity index (χ2v) is 6.37. The summed E-state index contributed by atoms with van der Waals surface area (Å²) in [6.07, 6.45) is 1.49. The van der Waals surface area contributed by atoms with Gasteiger partial charge in [0.2, 0.25) is 5.91 Å². The van der Waals surface area contributed by atoms with Crippen LogP contribution in [0.4, 0.5) is 4.39 Å². The molecule has 4 nitrogen and oxygen atoms in total. The molecule has 21 heavy (non-hydrogen) atoms.